The van der Waals surface area contributed by atoms with Crippen molar-refractivity contribution in [2.45, 2.75) is 6.92 Å². The van der Waals surface area contributed by atoms with Crippen LogP contribution in [0.2, 0.25) is 0 Å². The third kappa shape index (κ3) is 1.15. The average Bonchev–Trinajstić information content (AvgIpc) is 2.13. The van der Waals surface area contributed by atoms with E-state index < -0.39 is 0 Å². The molecule has 0 atom stereocenters. The molecule has 0 amide bonds. The monoisotopic (exact) mass is 175 g/mol. The van der Waals surface area contributed by atoms with Crippen LogP contribution in [0.1, 0.15) is 8.30 Å². The molecule has 0 saturated heterocycles. The highest BCUT2D eigenvalue weighted by atomic mass is 16.1. The van der Waals surface area contributed by atoms with E-state index in [0.29, 0.717) is 17.1 Å². The number of hydrogen-bond donors (Lipinski definition) is 0. The number of aromatic nitrogens is 1. The van der Waals surface area contributed by atoms with Gasteiger partial charge in [-0.1, -0.05) is 18.2 Å². The molecular weight excluding hydrogens is 162 g/mol. The molecule has 13 heavy (non-hydrogen) atoms. The Bertz CT molecular complexity index is 602. The molecule has 0 aliphatic rings. The summed E-state index contributed by atoms with van der Waals surface area (Å²) in [5, 5.41) is 0.770. The maximum Gasteiger partial charge on any atom is 0.253 e. The van der Waals surface area contributed by atoms with Gasteiger partial charge in [-0.15, -0.1) is 0 Å². The van der Waals surface area contributed by atoms with Crippen LogP contribution in [-0.4, -0.2) is 4.57 Å². The molecule has 66 valence electrons. The fourth-order valence-electron chi connectivity index (χ4n) is 1.45. The van der Waals surface area contributed by atoms with Crippen LogP contribution in [0.25, 0.3) is 10.9 Å². The molecule has 1 aromatic carbocycles. The summed E-state index contributed by atoms with van der Waals surface area (Å²) < 4.78 is 16.7. The Morgan fingerprint density at radius 1 is 1.54 bits per heavy atom. The van der Waals surface area contributed by atoms with Crippen molar-refractivity contribution in [3.05, 3.63) is 46.2 Å². The fraction of sp³-hybridized carbons (Fsp3) is 0.182. The molecule has 2 aromatic rings. The first kappa shape index (κ1) is 5.97. The number of pyridine rings is 1. The van der Waals surface area contributed by atoms with E-state index in [-0.39, 0.29) is 11.6 Å². The van der Waals surface area contributed by atoms with Crippen LogP contribution in [0.3, 0.4) is 0 Å². The minimum absolute atomic E-state index is 0.0891. The molecule has 0 radical (unpaired) electrons. The lowest BCUT2D eigenvalue weighted by molar-refractivity contribution is 0.893. The molecule has 1 heterocycles. The van der Waals surface area contributed by atoms with Gasteiger partial charge in [-0.25, -0.2) is 0 Å². The topological polar surface area (TPSA) is 22.0 Å². The summed E-state index contributed by atoms with van der Waals surface area (Å²) in [7, 11) is 1.65. The number of fused-ring (bicyclic) bond motifs is 1. The van der Waals surface area contributed by atoms with Gasteiger partial charge in [0.2, 0.25) is 0 Å². The van der Waals surface area contributed by atoms with Gasteiger partial charge >= 0.3 is 0 Å². The molecule has 2 rings (SSSR count). The third-order valence-electron chi connectivity index (χ3n) is 2.15. The smallest absolute Gasteiger partial charge is 0.253 e. The Kier molecular flexibility index (Phi) is 1.25. The second kappa shape index (κ2) is 2.73. The number of hydrogen-bond acceptors (Lipinski definition) is 1. The average molecular weight is 175 g/mol. The molecule has 2 heteroatoms. The second-order valence-electron chi connectivity index (χ2n) is 3.10. The number of rotatable bonds is 0. The van der Waals surface area contributed by atoms with E-state index in [2.05, 4.69) is 0 Å². The zero-order valence-electron chi connectivity index (χ0n) is 9.59. The van der Waals surface area contributed by atoms with Crippen molar-refractivity contribution in [3.8, 4) is 0 Å². The molecular formula is C11H11NO. The highest BCUT2D eigenvalue weighted by molar-refractivity contribution is 5.79. The summed E-state index contributed by atoms with van der Waals surface area (Å²) in [5.74, 6) is 0. The van der Waals surface area contributed by atoms with Crippen molar-refractivity contribution in [2.75, 3.05) is 0 Å². The summed E-state index contributed by atoms with van der Waals surface area (Å²) in [6, 6.07) is 5.35. The largest absolute Gasteiger partial charge is 0.311 e. The highest BCUT2D eigenvalue weighted by Gasteiger charge is 2.00. The van der Waals surface area contributed by atoms with Gasteiger partial charge in [0, 0.05) is 12.6 Å². The molecule has 0 fully saturated rings. The summed E-state index contributed by atoms with van der Waals surface area (Å²) in [6.07, 6.45) is 0. The van der Waals surface area contributed by atoms with Gasteiger partial charge in [0.1, 0.15) is 0 Å². The first-order valence-corrected chi connectivity index (χ1v) is 4.08. The van der Waals surface area contributed by atoms with Crippen LogP contribution < -0.4 is 5.56 Å². The Morgan fingerprint density at radius 3 is 3.08 bits per heavy atom. The Balaban J connectivity index is 3.05. The number of benzene rings is 1. The number of nitrogens with zero attached hydrogens (tertiary/aromatic N) is 1. The van der Waals surface area contributed by atoms with E-state index >= 15 is 0 Å². The van der Waals surface area contributed by atoms with Gasteiger partial charge in [-0.05, 0) is 24.4 Å². The van der Waals surface area contributed by atoms with Gasteiger partial charge in [-0.2, -0.15) is 0 Å². The predicted octanol–water partition coefficient (Wildman–Crippen LogP) is 1.85. The van der Waals surface area contributed by atoms with Crippen LogP contribution in [0.4, 0.5) is 0 Å². The summed E-state index contributed by atoms with van der Waals surface area (Å²) in [5.41, 5.74) is 1.13. The lowest BCUT2D eigenvalue weighted by atomic mass is 10.1. The van der Waals surface area contributed by atoms with Gasteiger partial charge in [0.15, 0.2) is 0 Å². The highest BCUT2D eigenvalue weighted by Crippen LogP contribution is 2.11. The van der Waals surface area contributed by atoms with Crippen LogP contribution in [0.5, 0.6) is 0 Å². The molecule has 0 unspecified atom stereocenters. The van der Waals surface area contributed by atoms with Crippen LogP contribution in [-0.2, 0) is 7.05 Å². The van der Waals surface area contributed by atoms with Gasteiger partial charge < -0.3 is 4.57 Å². The zero-order chi connectivity index (χ0) is 11.2. The van der Waals surface area contributed by atoms with Crippen LogP contribution in [0, 0.1) is 6.92 Å². The Hall–Kier alpha value is -1.57. The van der Waals surface area contributed by atoms with Crippen LogP contribution in [0.15, 0.2) is 35.1 Å². The second-order valence-corrected chi connectivity index (χ2v) is 3.10. The van der Waals surface area contributed by atoms with Crippen molar-refractivity contribution in [3.63, 3.8) is 0 Å². The first-order valence-electron chi connectivity index (χ1n) is 5.08. The van der Waals surface area contributed by atoms with Gasteiger partial charge in [0.25, 0.3) is 5.56 Å². The number of aryl methyl sites for hydroxylation is 2. The Morgan fingerprint density at radius 2 is 2.31 bits per heavy atom. The Labute approximate surface area is 79.2 Å². The molecule has 0 spiro atoms. The van der Waals surface area contributed by atoms with Gasteiger partial charge in [0.05, 0.1) is 8.26 Å². The first-order chi connectivity index (χ1) is 7.00. The SMILES string of the molecule is [2H]c1cc([2H])c2c(c1)cc(C)c(=O)n2C. The number of para-hydroxylation sites is 1. The van der Waals surface area contributed by atoms with E-state index in [1.165, 1.54) is 10.6 Å². The molecule has 2 nitrogen and oxygen atoms in total. The molecule has 0 bridgehead atoms. The summed E-state index contributed by atoms with van der Waals surface area (Å²) in [4.78, 5) is 11.7. The fourth-order valence-corrected chi connectivity index (χ4v) is 1.45. The van der Waals surface area contributed by atoms with Crippen LogP contribution >= 0.6 is 0 Å². The lowest BCUT2D eigenvalue weighted by Crippen LogP contribution is -2.18. The van der Waals surface area contributed by atoms with Gasteiger partial charge in [-0.3, -0.25) is 4.79 Å². The maximum atomic E-state index is 11.7. The standard InChI is InChI=1S/C11H11NO/c1-8-7-9-5-3-4-6-10(9)12(2)11(8)13/h3-7H,1-2H3/i3D,6D. The molecule has 0 aliphatic carbocycles. The molecule has 1 aromatic heterocycles. The zero-order valence-corrected chi connectivity index (χ0v) is 7.59. The normalized spacial score (nSPS) is 12.8. The van der Waals surface area contributed by atoms with E-state index in [0.717, 1.165) is 5.39 Å². The quantitative estimate of drug-likeness (QED) is 0.599. The molecule has 0 N–H and O–H groups in total. The minimum atomic E-state index is -0.0891. The van der Waals surface area contributed by atoms with Crippen molar-refractivity contribution >= 4 is 10.9 Å². The van der Waals surface area contributed by atoms with E-state index in [4.69, 9.17) is 2.74 Å². The van der Waals surface area contributed by atoms with E-state index in [1.807, 2.05) is 0 Å². The van der Waals surface area contributed by atoms with Crippen molar-refractivity contribution in [1.29, 1.82) is 0 Å². The summed E-state index contributed by atoms with van der Waals surface area (Å²) >= 11 is 0. The molecule has 0 aliphatic heterocycles. The lowest BCUT2D eigenvalue weighted by Gasteiger charge is -2.05. The summed E-state index contributed by atoms with van der Waals surface area (Å²) in [6.45, 7) is 1.74. The van der Waals surface area contributed by atoms with Crippen molar-refractivity contribution < 1.29 is 2.74 Å². The predicted molar refractivity (Wildman–Crippen MR) is 53.9 cm³/mol. The van der Waals surface area contributed by atoms with E-state index in [9.17, 15) is 4.79 Å². The van der Waals surface area contributed by atoms with Crippen molar-refractivity contribution in [1.82, 2.24) is 4.57 Å². The molecule has 0 saturated carbocycles. The van der Waals surface area contributed by atoms with E-state index in [1.54, 1.807) is 26.1 Å². The third-order valence-corrected chi connectivity index (χ3v) is 2.15. The maximum absolute atomic E-state index is 11.7. The van der Waals surface area contributed by atoms with Crippen molar-refractivity contribution in [2.24, 2.45) is 7.05 Å². The minimum Gasteiger partial charge on any atom is -0.311 e.